The highest BCUT2D eigenvalue weighted by atomic mass is 31.1. The normalized spacial score (nSPS) is 20.5. The van der Waals surface area contributed by atoms with Gasteiger partial charge in [0.05, 0.1) is 0 Å². The summed E-state index contributed by atoms with van der Waals surface area (Å²) in [5, 5.41) is 3.00. The fourth-order valence-corrected chi connectivity index (χ4v) is 6.49. The van der Waals surface area contributed by atoms with Crippen molar-refractivity contribution in [3.63, 3.8) is 0 Å². The molecule has 2 aliphatic rings. The molecule has 4 rings (SSSR count). The van der Waals surface area contributed by atoms with Gasteiger partial charge in [-0.15, -0.1) is 0 Å². The Morgan fingerprint density at radius 3 is 1.95 bits per heavy atom. The summed E-state index contributed by atoms with van der Waals surface area (Å²) in [4.78, 5) is 0. The van der Waals surface area contributed by atoms with Crippen LogP contribution in [0.15, 0.2) is 84.0 Å². The highest BCUT2D eigenvalue weighted by Gasteiger charge is 2.31. The Kier molecular flexibility index (Phi) is 3.95. The molecule has 0 spiro atoms. The minimum atomic E-state index is -0.340. The summed E-state index contributed by atoms with van der Waals surface area (Å²) in [6.07, 6.45) is 10.2. The summed E-state index contributed by atoms with van der Waals surface area (Å²) in [6, 6.07) is 22.2. The minimum absolute atomic E-state index is 0.340. The third-order valence-corrected chi connectivity index (χ3v) is 7.49. The van der Waals surface area contributed by atoms with Gasteiger partial charge in [-0.1, -0.05) is 78.4 Å². The second kappa shape index (κ2) is 6.23. The fraction of sp³-hybridized carbons (Fsp3) is 0.238. The molecule has 0 amide bonds. The van der Waals surface area contributed by atoms with Crippen LogP contribution in [0.25, 0.3) is 0 Å². The first-order valence-electron chi connectivity index (χ1n) is 8.23. The van der Waals surface area contributed by atoms with E-state index >= 15 is 0 Å². The first-order chi connectivity index (χ1) is 10.9. The fourth-order valence-electron chi connectivity index (χ4n) is 3.69. The lowest BCUT2D eigenvalue weighted by atomic mass is 9.94. The lowest BCUT2D eigenvalue weighted by molar-refractivity contribution is 0.682. The smallest absolute Gasteiger partial charge is 0.0269 e. The van der Waals surface area contributed by atoms with E-state index in [1.165, 1.54) is 36.3 Å². The molecule has 0 aliphatic heterocycles. The van der Waals surface area contributed by atoms with Crippen molar-refractivity contribution in [2.45, 2.75) is 31.3 Å². The van der Waals surface area contributed by atoms with Crippen LogP contribution in [0.4, 0.5) is 0 Å². The van der Waals surface area contributed by atoms with Crippen molar-refractivity contribution >= 4 is 18.5 Å². The van der Waals surface area contributed by atoms with Crippen molar-refractivity contribution in [3.8, 4) is 0 Å². The number of rotatable bonds is 3. The first-order valence-corrected chi connectivity index (χ1v) is 9.64. The van der Waals surface area contributed by atoms with Crippen molar-refractivity contribution in [1.29, 1.82) is 0 Å². The van der Waals surface area contributed by atoms with Crippen molar-refractivity contribution in [3.05, 3.63) is 84.0 Å². The highest BCUT2D eigenvalue weighted by molar-refractivity contribution is 7.74. The van der Waals surface area contributed by atoms with Gasteiger partial charge in [-0.2, -0.15) is 0 Å². The lowest BCUT2D eigenvalue weighted by Crippen LogP contribution is -2.21. The first kappa shape index (κ1) is 14.0. The molecule has 0 saturated heterocycles. The summed E-state index contributed by atoms with van der Waals surface area (Å²) >= 11 is 0. The van der Waals surface area contributed by atoms with Crippen LogP contribution in [0.5, 0.6) is 0 Å². The Hall–Kier alpha value is -1.65. The zero-order valence-corrected chi connectivity index (χ0v) is 13.7. The molecule has 110 valence electrons. The molecular weight excluding hydrogens is 283 g/mol. The van der Waals surface area contributed by atoms with Gasteiger partial charge in [-0.05, 0) is 49.8 Å². The van der Waals surface area contributed by atoms with Gasteiger partial charge in [0, 0.05) is 5.66 Å². The second-order valence-electron chi connectivity index (χ2n) is 6.10. The average molecular weight is 304 g/mol. The maximum absolute atomic E-state index is 2.49. The largest absolute Gasteiger partial charge is 0.0722 e. The van der Waals surface area contributed by atoms with Crippen LogP contribution in [0.1, 0.15) is 25.7 Å². The number of hydrogen-bond acceptors (Lipinski definition) is 0. The van der Waals surface area contributed by atoms with Gasteiger partial charge in [0.1, 0.15) is 0 Å². The molecule has 0 aromatic heterocycles. The second-order valence-corrected chi connectivity index (χ2v) is 8.43. The molecule has 22 heavy (non-hydrogen) atoms. The van der Waals surface area contributed by atoms with Crippen molar-refractivity contribution in [1.82, 2.24) is 0 Å². The van der Waals surface area contributed by atoms with Crippen LogP contribution in [0.3, 0.4) is 0 Å². The van der Waals surface area contributed by atoms with Crippen molar-refractivity contribution in [2.75, 3.05) is 0 Å². The lowest BCUT2D eigenvalue weighted by Gasteiger charge is -2.28. The van der Waals surface area contributed by atoms with Gasteiger partial charge in [-0.3, -0.25) is 0 Å². The van der Waals surface area contributed by atoms with E-state index in [2.05, 4.69) is 72.8 Å². The van der Waals surface area contributed by atoms with E-state index < -0.39 is 0 Å². The van der Waals surface area contributed by atoms with Crippen LogP contribution in [-0.2, 0) is 0 Å². The molecule has 2 aromatic carbocycles. The van der Waals surface area contributed by atoms with Crippen LogP contribution >= 0.6 is 7.92 Å². The van der Waals surface area contributed by atoms with E-state index in [1.807, 2.05) is 0 Å². The van der Waals surface area contributed by atoms with Gasteiger partial charge in [0.25, 0.3) is 0 Å². The van der Waals surface area contributed by atoms with Crippen LogP contribution in [-0.4, -0.2) is 5.66 Å². The third-order valence-electron chi connectivity index (χ3n) is 4.74. The summed E-state index contributed by atoms with van der Waals surface area (Å²) in [5.74, 6) is 0. The predicted molar refractivity (Wildman–Crippen MR) is 97.5 cm³/mol. The maximum Gasteiger partial charge on any atom is 0.0269 e. The number of benzene rings is 2. The summed E-state index contributed by atoms with van der Waals surface area (Å²) in [6.45, 7) is 0. The zero-order chi connectivity index (χ0) is 14.8. The molecule has 1 heteroatoms. The summed E-state index contributed by atoms with van der Waals surface area (Å²) in [5.41, 5.74) is 3.97. The molecule has 0 nitrogen and oxygen atoms in total. The minimum Gasteiger partial charge on any atom is -0.0722 e. The van der Waals surface area contributed by atoms with Gasteiger partial charge < -0.3 is 0 Å². The highest BCUT2D eigenvalue weighted by Crippen LogP contribution is 2.50. The maximum atomic E-state index is 2.49. The monoisotopic (exact) mass is 304 g/mol. The molecule has 0 radical (unpaired) electrons. The van der Waals surface area contributed by atoms with Gasteiger partial charge >= 0.3 is 0 Å². The van der Waals surface area contributed by atoms with Crippen molar-refractivity contribution < 1.29 is 0 Å². The summed E-state index contributed by atoms with van der Waals surface area (Å²) in [7, 11) is -0.340. The molecule has 0 bridgehead atoms. The Balaban J connectivity index is 1.79. The Labute approximate surface area is 134 Å². The third kappa shape index (κ3) is 2.57. The van der Waals surface area contributed by atoms with E-state index in [9.17, 15) is 0 Å². The number of hydrogen-bond donors (Lipinski definition) is 0. The molecule has 0 saturated carbocycles. The molecule has 0 heterocycles. The van der Waals surface area contributed by atoms with E-state index in [1.54, 1.807) is 11.1 Å². The van der Waals surface area contributed by atoms with Crippen molar-refractivity contribution in [2.24, 2.45) is 0 Å². The van der Waals surface area contributed by atoms with E-state index in [4.69, 9.17) is 0 Å². The molecule has 2 aliphatic carbocycles. The molecular formula is C21H21P. The standard InChI is InChI=1S/C21H21P/c1-3-10-18(11-4-1)22(19-12-5-2-6-13-19)21-16-15-17-9-7-8-14-20(17)21/h1-6,10-13,15-16,21H,7-9,14H2/t21-/m1/s1. The van der Waals surface area contributed by atoms with E-state index in [-0.39, 0.29) is 7.92 Å². The van der Waals surface area contributed by atoms with E-state index in [0.717, 1.165) is 0 Å². The molecule has 0 fully saturated rings. The Bertz CT molecular complexity index is 658. The zero-order valence-electron chi connectivity index (χ0n) is 12.8. The van der Waals surface area contributed by atoms with Gasteiger partial charge in [-0.25, -0.2) is 0 Å². The van der Waals surface area contributed by atoms with E-state index in [0.29, 0.717) is 5.66 Å². The summed E-state index contributed by atoms with van der Waals surface area (Å²) < 4.78 is 0. The van der Waals surface area contributed by atoms with Crippen LogP contribution in [0, 0.1) is 0 Å². The SMILES string of the molecule is C1=C[C@@H](P(c2ccccc2)c2ccccc2)C2=C1CCCC2. The Morgan fingerprint density at radius 1 is 0.727 bits per heavy atom. The Morgan fingerprint density at radius 2 is 1.32 bits per heavy atom. The van der Waals surface area contributed by atoms with Gasteiger partial charge in [0.15, 0.2) is 0 Å². The van der Waals surface area contributed by atoms with Crippen LogP contribution in [0.2, 0.25) is 0 Å². The number of allylic oxidation sites excluding steroid dienone is 4. The molecule has 0 unspecified atom stereocenters. The predicted octanol–water partition coefficient (Wildman–Crippen LogP) is 4.93. The van der Waals surface area contributed by atoms with Crippen LogP contribution < -0.4 is 10.6 Å². The molecule has 2 aromatic rings. The topological polar surface area (TPSA) is 0 Å². The quantitative estimate of drug-likeness (QED) is 0.705. The molecule has 0 N–H and O–H groups in total. The van der Waals surface area contributed by atoms with Gasteiger partial charge in [0.2, 0.25) is 0 Å². The average Bonchev–Trinajstić information content (AvgIpc) is 3.01. The molecule has 1 atom stereocenters.